The number of aryl methyl sites for hydroxylation is 4. The summed E-state index contributed by atoms with van der Waals surface area (Å²) in [7, 11) is 2.16. The number of nitrogens with zero attached hydrogens (tertiary/aromatic N) is 1. The van der Waals surface area contributed by atoms with Gasteiger partial charge in [-0.1, -0.05) is 98.0 Å². The lowest BCUT2D eigenvalue weighted by Crippen LogP contribution is -2.56. The van der Waals surface area contributed by atoms with E-state index in [0.29, 0.717) is 0 Å². The highest BCUT2D eigenvalue weighted by molar-refractivity contribution is 6.97. The van der Waals surface area contributed by atoms with Crippen LogP contribution in [-0.2, 0) is 13.5 Å². The van der Waals surface area contributed by atoms with Gasteiger partial charge in [-0.05, 0) is 61.2 Å². The zero-order valence-electron chi connectivity index (χ0n) is 25.6. The second-order valence-corrected chi connectivity index (χ2v) is 13.2. The number of rotatable bonds is 3. The Kier molecular flexibility index (Phi) is 6.09. The van der Waals surface area contributed by atoms with Crippen LogP contribution in [-0.4, -0.2) is 6.71 Å². The lowest BCUT2D eigenvalue weighted by atomic mass is 9.36. The molecule has 4 heteroatoms. The second kappa shape index (κ2) is 9.63. The second-order valence-electron chi connectivity index (χ2n) is 13.2. The van der Waals surface area contributed by atoms with Gasteiger partial charge in [0.15, 0.2) is 11.9 Å². The van der Waals surface area contributed by atoms with Gasteiger partial charge in [0, 0.05) is 17.0 Å². The standard InChI is InChI=1S/C38H37BNO2/c1-23-13-12-14-24(2)34(23)39-29-17-10-11-18-31(29)41-36-33-32(30-20-19-26(22-40(30)7)21-38(4,5)6)25(3)27-15-8-9-16-28(27)35(33)42-37(36)39/h8-20,22H,21H2,1-7H3/q+1. The van der Waals surface area contributed by atoms with E-state index in [4.69, 9.17) is 9.15 Å². The van der Waals surface area contributed by atoms with Crippen LogP contribution in [0, 0.1) is 26.2 Å². The van der Waals surface area contributed by atoms with Crippen LogP contribution in [0.4, 0.5) is 0 Å². The monoisotopic (exact) mass is 550 g/mol. The van der Waals surface area contributed by atoms with Gasteiger partial charge >= 0.3 is 0 Å². The third-order valence-electron chi connectivity index (χ3n) is 8.81. The highest BCUT2D eigenvalue weighted by atomic mass is 16.5. The van der Waals surface area contributed by atoms with Crippen molar-refractivity contribution in [3.8, 4) is 22.8 Å². The Bertz CT molecular complexity index is 2010. The first-order valence-electron chi connectivity index (χ1n) is 14.9. The van der Waals surface area contributed by atoms with Gasteiger partial charge in [0.05, 0.1) is 10.9 Å². The fourth-order valence-electron chi connectivity index (χ4n) is 7.07. The maximum Gasteiger partial charge on any atom is 0.297 e. The molecule has 7 rings (SSSR count). The van der Waals surface area contributed by atoms with E-state index in [1.165, 1.54) is 33.1 Å². The summed E-state index contributed by atoms with van der Waals surface area (Å²) < 4.78 is 16.2. The van der Waals surface area contributed by atoms with Crippen molar-refractivity contribution in [1.29, 1.82) is 0 Å². The number of pyridine rings is 1. The summed E-state index contributed by atoms with van der Waals surface area (Å²) in [6.07, 6.45) is 3.30. The molecule has 208 valence electrons. The molecule has 0 bridgehead atoms. The number of fused-ring (bicyclic) bond motifs is 6. The number of para-hydroxylation sites is 1. The van der Waals surface area contributed by atoms with Crippen molar-refractivity contribution in [3.63, 3.8) is 0 Å². The molecule has 0 unspecified atom stereocenters. The molecule has 0 spiro atoms. The summed E-state index contributed by atoms with van der Waals surface area (Å²) >= 11 is 0. The number of hydrogen-bond acceptors (Lipinski definition) is 2. The van der Waals surface area contributed by atoms with Crippen molar-refractivity contribution in [2.75, 3.05) is 0 Å². The van der Waals surface area contributed by atoms with E-state index in [-0.39, 0.29) is 12.1 Å². The van der Waals surface area contributed by atoms with E-state index < -0.39 is 0 Å². The van der Waals surface area contributed by atoms with Gasteiger partial charge in [-0.2, -0.15) is 0 Å². The van der Waals surface area contributed by atoms with Gasteiger partial charge in [-0.3, -0.25) is 0 Å². The van der Waals surface area contributed by atoms with Crippen molar-refractivity contribution in [2.45, 2.75) is 48.0 Å². The third-order valence-corrected chi connectivity index (χ3v) is 8.81. The number of ether oxygens (including phenoxy) is 1. The van der Waals surface area contributed by atoms with Crippen LogP contribution in [0.2, 0.25) is 0 Å². The predicted molar refractivity (Wildman–Crippen MR) is 175 cm³/mol. The van der Waals surface area contributed by atoms with E-state index >= 15 is 0 Å². The van der Waals surface area contributed by atoms with Crippen LogP contribution in [0.15, 0.2) is 89.5 Å². The van der Waals surface area contributed by atoms with Crippen molar-refractivity contribution in [3.05, 3.63) is 107 Å². The van der Waals surface area contributed by atoms with Gasteiger partial charge < -0.3 is 9.15 Å². The van der Waals surface area contributed by atoms with E-state index in [0.717, 1.165) is 56.7 Å². The molecule has 0 fully saturated rings. The van der Waals surface area contributed by atoms with Gasteiger partial charge in [0.2, 0.25) is 5.69 Å². The topological polar surface area (TPSA) is 26.2 Å². The Morgan fingerprint density at radius 2 is 1.48 bits per heavy atom. The highest BCUT2D eigenvalue weighted by Crippen LogP contribution is 2.45. The smallest absolute Gasteiger partial charge is 0.297 e. The molecular formula is C38H37BNO2+. The van der Waals surface area contributed by atoms with Gasteiger partial charge in [-0.25, -0.2) is 4.57 Å². The fraction of sp³-hybridized carbons (Fsp3) is 0.237. The van der Waals surface area contributed by atoms with Crippen molar-refractivity contribution in [2.24, 2.45) is 12.5 Å². The Morgan fingerprint density at radius 3 is 2.19 bits per heavy atom. The molecule has 0 saturated heterocycles. The Morgan fingerprint density at radius 1 is 0.786 bits per heavy atom. The number of furan rings is 1. The highest BCUT2D eigenvalue weighted by Gasteiger charge is 2.40. The molecule has 4 aromatic carbocycles. The van der Waals surface area contributed by atoms with E-state index in [1.54, 1.807) is 0 Å². The number of aromatic nitrogens is 1. The lowest BCUT2D eigenvalue weighted by molar-refractivity contribution is -0.660. The zero-order chi connectivity index (χ0) is 29.3. The van der Waals surface area contributed by atoms with Gasteiger partial charge in [0.25, 0.3) is 6.71 Å². The van der Waals surface area contributed by atoms with Crippen molar-refractivity contribution in [1.82, 2.24) is 0 Å². The molecule has 2 aromatic heterocycles. The maximum absolute atomic E-state index is 7.05. The van der Waals surface area contributed by atoms with E-state index in [1.807, 2.05) is 0 Å². The number of hydrogen-bond donors (Lipinski definition) is 0. The lowest BCUT2D eigenvalue weighted by Gasteiger charge is -2.25. The first-order valence-corrected chi connectivity index (χ1v) is 14.9. The first-order chi connectivity index (χ1) is 20.1. The van der Waals surface area contributed by atoms with Crippen LogP contribution in [0.5, 0.6) is 11.5 Å². The Labute approximate surface area is 248 Å². The number of benzene rings is 4. The molecular weight excluding hydrogens is 513 g/mol. The van der Waals surface area contributed by atoms with Crippen LogP contribution in [0.3, 0.4) is 0 Å². The average Bonchev–Trinajstić information content (AvgIpc) is 3.32. The molecule has 3 nitrogen and oxygen atoms in total. The fourth-order valence-corrected chi connectivity index (χ4v) is 7.07. The Hall–Kier alpha value is -4.31. The van der Waals surface area contributed by atoms with Crippen LogP contribution in [0.1, 0.15) is 43.0 Å². The largest absolute Gasteiger partial charge is 0.466 e. The molecule has 1 aliphatic heterocycles. The molecule has 1 aliphatic rings. The summed E-state index contributed by atoms with van der Waals surface area (Å²) in [6.45, 7) is 13.4. The van der Waals surface area contributed by atoms with E-state index in [2.05, 4.69) is 138 Å². The van der Waals surface area contributed by atoms with Crippen molar-refractivity contribution >= 4 is 45.0 Å². The summed E-state index contributed by atoms with van der Waals surface area (Å²) in [5, 5.41) is 3.36. The summed E-state index contributed by atoms with van der Waals surface area (Å²) in [5.74, 6) is 1.72. The molecule has 0 saturated carbocycles. The molecule has 42 heavy (non-hydrogen) atoms. The minimum absolute atomic E-state index is 0.0617. The zero-order valence-corrected chi connectivity index (χ0v) is 25.6. The van der Waals surface area contributed by atoms with Crippen LogP contribution >= 0.6 is 0 Å². The predicted octanol–water partition coefficient (Wildman–Crippen LogP) is 7.21. The third kappa shape index (κ3) is 4.15. The minimum atomic E-state index is -0.0617. The maximum atomic E-state index is 7.05. The summed E-state index contributed by atoms with van der Waals surface area (Å²) in [4.78, 5) is 0. The summed E-state index contributed by atoms with van der Waals surface area (Å²) in [6, 6.07) is 28.1. The molecule has 0 radical (unpaired) electrons. The molecule has 3 heterocycles. The molecule has 0 atom stereocenters. The molecule has 0 aliphatic carbocycles. The van der Waals surface area contributed by atoms with E-state index in [9.17, 15) is 0 Å². The summed E-state index contributed by atoms with van der Waals surface area (Å²) in [5.41, 5.74) is 11.8. The SMILES string of the molecule is Cc1cccc(C)c1B1c2ccccc2Oc2c1oc1c2c(-c2ccc(CC(C)(C)C)c[n+]2C)c(C)c2ccccc21. The average molecular weight is 551 g/mol. The normalized spacial score (nSPS) is 12.9. The first kappa shape index (κ1) is 26.6. The quantitative estimate of drug-likeness (QED) is 0.172. The van der Waals surface area contributed by atoms with Crippen LogP contribution in [0.25, 0.3) is 33.0 Å². The van der Waals surface area contributed by atoms with Crippen molar-refractivity contribution < 1.29 is 13.7 Å². The van der Waals surface area contributed by atoms with Crippen LogP contribution < -0.4 is 25.9 Å². The molecule has 0 amide bonds. The minimum Gasteiger partial charge on any atom is -0.466 e. The van der Waals surface area contributed by atoms with Gasteiger partial charge in [-0.15, -0.1) is 0 Å². The van der Waals surface area contributed by atoms with Gasteiger partial charge in [0.1, 0.15) is 24.0 Å². The molecule has 0 N–H and O–H groups in total. The molecule has 6 aromatic rings. The Balaban J connectivity index is 1.58.